The summed E-state index contributed by atoms with van der Waals surface area (Å²) < 4.78 is 1.96. The third-order valence-electron chi connectivity index (χ3n) is 4.94. The number of benzene rings is 1. The van der Waals surface area contributed by atoms with E-state index in [1.165, 1.54) is 6.42 Å². The summed E-state index contributed by atoms with van der Waals surface area (Å²) in [7, 11) is 1.93. The molecule has 22 heavy (non-hydrogen) atoms. The lowest BCUT2D eigenvalue weighted by Crippen LogP contribution is -2.41. The van der Waals surface area contributed by atoms with Gasteiger partial charge in [-0.15, -0.1) is 0 Å². The van der Waals surface area contributed by atoms with E-state index in [1.54, 1.807) is 6.20 Å². The molecule has 2 aliphatic rings. The minimum absolute atomic E-state index is 0.133. The monoisotopic (exact) mass is 295 g/mol. The van der Waals surface area contributed by atoms with E-state index in [2.05, 4.69) is 5.10 Å². The number of hydrogen-bond acceptors (Lipinski definition) is 2. The summed E-state index contributed by atoms with van der Waals surface area (Å²) in [6, 6.07) is 10.5. The van der Waals surface area contributed by atoms with Gasteiger partial charge in [-0.3, -0.25) is 4.79 Å². The molecule has 2 aromatic rings. The molecule has 4 nitrogen and oxygen atoms in total. The zero-order valence-corrected chi connectivity index (χ0v) is 12.9. The minimum atomic E-state index is 0.133. The van der Waals surface area contributed by atoms with Crippen molar-refractivity contribution in [1.29, 1.82) is 0 Å². The SMILES string of the molecule is CN(C(=O)c1cnn(-c2ccccc2)c1C1CC1)C1CCC1. The molecular weight excluding hydrogens is 274 g/mol. The lowest BCUT2D eigenvalue weighted by atomic mass is 9.91. The molecule has 0 aliphatic heterocycles. The Labute approximate surface area is 130 Å². The van der Waals surface area contributed by atoms with E-state index in [0.29, 0.717) is 12.0 Å². The van der Waals surface area contributed by atoms with Crippen molar-refractivity contribution in [3.63, 3.8) is 0 Å². The molecular formula is C18H21N3O. The van der Waals surface area contributed by atoms with E-state index in [1.807, 2.05) is 47.0 Å². The van der Waals surface area contributed by atoms with Crippen LogP contribution in [0.15, 0.2) is 36.5 Å². The second-order valence-electron chi connectivity index (χ2n) is 6.47. The van der Waals surface area contributed by atoms with E-state index < -0.39 is 0 Å². The van der Waals surface area contributed by atoms with Crippen LogP contribution in [-0.4, -0.2) is 33.7 Å². The number of rotatable bonds is 4. The van der Waals surface area contributed by atoms with Crippen LogP contribution in [-0.2, 0) is 0 Å². The van der Waals surface area contributed by atoms with E-state index in [0.717, 1.165) is 42.6 Å². The van der Waals surface area contributed by atoms with Gasteiger partial charge >= 0.3 is 0 Å². The fourth-order valence-corrected chi connectivity index (χ4v) is 3.18. The lowest BCUT2D eigenvalue weighted by Gasteiger charge is -2.34. The molecule has 2 fully saturated rings. The lowest BCUT2D eigenvalue weighted by molar-refractivity contribution is 0.0651. The van der Waals surface area contributed by atoms with Gasteiger partial charge in [0.25, 0.3) is 5.91 Å². The normalized spacial score (nSPS) is 18.0. The van der Waals surface area contributed by atoms with E-state index in [-0.39, 0.29) is 5.91 Å². The van der Waals surface area contributed by atoms with Crippen LogP contribution in [0.3, 0.4) is 0 Å². The van der Waals surface area contributed by atoms with Crippen LogP contribution < -0.4 is 0 Å². The number of hydrogen-bond donors (Lipinski definition) is 0. The van der Waals surface area contributed by atoms with Gasteiger partial charge in [0.15, 0.2) is 0 Å². The highest BCUT2D eigenvalue weighted by molar-refractivity contribution is 5.95. The van der Waals surface area contributed by atoms with E-state index in [4.69, 9.17) is 0 Å². The Balaban J connectivity index is 1.71. The van der Waals surface area contributed by atoms with Gasteiger partial charge in [0, 0.05) is 19.0 Å². The number of aromatic nitrogens is 2. The molecule has 2 saturated carbocycles. The van der Waals surface area contributed by atoms with Gasteiger partial charge in [0.05, 0.1) is 23.1 Å². The topological polar surface area (TPSA) is 38.1 Å². The van der Waals surface area contributed by atoms with Gasteiger partial charge < -0.3 is 4.90 Å². The average Bonchev–Trinajstić information content (AvgIpc) is 3.24. The molecule has 0 unspecified atom stereocenters. The van der Waals surface area contributed by atoms with Crippen molar-refractivity contribution in [1.82, 2.24) is 14.7 Å². The highest BCUT2D eigenvalue weighted by Crippen LogP contribution is 2.43. The smallest absolute Gasteiger partial charge is 0.257 e. The molecule has 0 atom stereocenters. The summed E-state index contributed by atoms with van der Waals surface area (Å²) in [5.74, 6) is 0.616. The second kappa shape index (κ2) is 5.27. The van der Waals surface area contributed by atoms with Crippen LogP contribution in [0.25, 0.3) is 5.69 Å². The van der Waals surface area contributed by atoms with Crippen LogP contribution in [0.2, 0.25) is 0 Å². The molecule has 114 valence electrons. The first-order valence-corrected chi connectivity index (χ1v) is 8.16. The Morgan fingerprint density at radius 2 is 1.91 bits per heavy atom. The maximum absolute atomic E-state index is 12.8. The maximum Gasteiger partial charge on any atom is 0.257 e. The first kappa shape index (κ1) is 13.6. The Hall–Kier alpha value is -2.10. The zero-order valence-electron chi connectivity index (χ0n) is 12.9. The molecule has 0 bridgehead atoms. The van der Waals surface area contributed by atoms with E-state index >= 15 is 0 Å². The van der Waals surface area contributed by atoms with Crippen LogP contribution >= 0.6 is 0 Å². The summed E-state index contributed by atoms with van der Waals surface area (Å²) in [5.41, 5.74) is 2.93. The fourth-order valence-electron chi connectivity index (χ4n) is 3.18. The van der Waals surface area contributed by atoms with Crippen LogP contribution in [0.1, 0.15) is 54.1 Å². The Bertz CT molecular complexity index is 684. The van der Waals surface area contributed by atoms with Gasteiger partial charge in [-0.05, 0) is 44.2 Å². The van der Waals surface area contributed by atoms with Gasteiger partial charge in [-0.1, -0.05) is 18.2 Å². The zero-order chi connectivity index (χ0) is 15.1. The molecule has 0 saturated heterocycles. The van der Waals surface area contributed by atoms with Crippen molar-refractivity contribution < 1.29 is 4.79 Å². The number of carbonyl (C=O) groups is 1. The largest absolute Gasteiger partial charge is 0.339 e. The number of nitrogens with zero attached hydrogens (tertiary/aromatic N) is 3. The third kappa shape index (κ3) is 2.23. The summed E-state index contributed by atoms with van der Waals surface area (Å²) >= 11 is 0. The van der Waals surface area contributed by atoms with Crippen molar-refractivity contribution in [2.24, 2.45) is 0 Å². The highest BCUT2D eigenvalue weighted by Gasteiger charge is 2.35. The average molecular weight is 295 g/mol. The second-order valence-corrected chi connectivity index (χ2v) is 6.47. The molecule has 1 aromatic heterocycles. The standard InChI is InChI=1S/C18H21N3O/c1-20(14-8-5-9-14)18(22)16-12-19-21(17(16)13-10-11-13)15-6-3-2-4-7-15/h2-4,6-7,12-14H,5,8-11H2,1H3. The number of carbonyl (C=O) groups excluding carboxylic acids is 1. The minimum Gasteiger partial charge on any atom is -0.339 e. The summed E-state index contributed by atoms with van der Waals surface area (Å²) in [5, 5.41) is 4.52. The molecule has 0 spiro atoms. The maximum atomic E-state index is 12.8. The summed E-state index contributed by atoms with van der Waals surface area (Å²) in [6.07, 6.45) is 7.58. The predicted molar refractivity (Wildman–Crippen MR) is 85.3 cm³/mol. The van der Waals surface area contributed by atoms with Gasteiger partial charge in [-0.25, -0.2) is 4.68 Å². The van der Waals surface area contributed by atoms with Crippen LogP contribution in [0, 0.1) is 0 Å². The summed E-state index contributed by atoms with van der Waals surface area (Å²) in [4.78, 5) is 14.8. The van der Waals surface area contributed by atoms with Crippen molar-refractivity contribution in [2.75, 3.05) is 7.05 Å². The molecule has 1 heterocycles. The molecule has 1 aromatic carbocycles. The molecule has 1 amide bonds. The van der Waals surface area contributed by atoms with Gasteiger partial charge in [-0.2, -0.15) is 5.10 Å². The van der Waals surface area contributed by atoms with Crippen LogP contribution in [0.5, 0.6) is 0 Å². The summed E-state index contributed by atoms with van der Waals surface area (Å²) in [6.45, 7) is 0. The van der Waals surface area contributed by atoms with Crippen molar-refractivity contribution in [3.8, 4) is 5.69 Å². The van der Waals surface area contributed by atoms with Crippen LogP contribution in [0.4, 0.5) is 0 Å². The number of amides is 1. The first-order valence-electron chi connectivity index (χ1n) is 8.16. The van der Waals surface area contributed by atoms with Crippen molar-refractivity contribution in [2.45, 2.75) is 44.1 Å². The van der Waals surface area contributed by atoms with Gasteiger partial charge in [0.1, 0.15) is 0 Å². The third-order valence-corrected chi connectivity index (χ3v) is 4.94. The number of para-hydroxylation sites is 1. The Morgan fingerprint density at radius 3 is 2.50 bits per heavy atom. The fraction of sp³-hybridized carbons (Fsp3) is 0.444. The molecule has 0 radical (unpaired) electrons. The Morgan fingerprint density at radius 1 is 1.18 bits per heavy atom. The van der Waals surface area contributed by atoms with Crippen molar-refractivity contribution in [3.05, 3.63) is 47.8 Å². The molecule has 4 rings (SSSR count). The van der Waals surface area contributed by atoms with Gasteiger partial charge in [0.2, 0.25) is 0 Å². The highest BCUT2D eigenvalue weighted by atomic mass is 16.2. The molecule has 0 N–H and O–H groups in total. The molecule has 4 heteroatoms. The van der Waals surface area contributed by atoms with Crippen molar-refractivity contribution >= 4 is 5.91 Å². The Kier molecular flexibility index (Phi) is 3.25. The molecule has 2 aliphatic carbocycles. The predicted octanol–water partition coefficient (Wildman–Crippen LogP) is 3.37. The first-order chi connectivity index (χ1) is 10.8. The quantitative estimate of drug-likeness (QED) is 0.867. The van der Waals surface area contributed by atoms with E-state index in [9.17, 15) is 4.79 Å².